The molecule has 0 spiro atoms. The minimum Gasteiger partial charge on any atom is -0.493 e. The highest BCUT2D eigenvalue weighted by atomic mass is 32.2. The topological polar surface area (TPSA) is 68.8 Å². The zero-order valence-electron chi connectivity index (χ0n) is 14.7. The Kier molecular flexibility index (Phi) is 6.82. The van der Waals surface area contributed by atoms with E-state index in [0.717, 1.165) is 16.1 Å². The van der Waals surface area contributed by atoms with Crippen molar-refractivity contribution in [3.63, 3.8) is 0 Å². The molecule has 6 nitrogen and oxygen atoms in total. The van der Waals surface area contributed by atoms with Gasteiger partial charge < -0.3 is 24.8 Å². The Morgan fingerprint density at radius 1 is 1.04 bits per heavy atom. The molecule has 0 saturated carbocycles. The zero-order chi connectivity index (χ0) is 18.2. The van der Waals surface area contributed by atoms with Crippen LogP contribution in [0.5, 0.6) is 17.2 Å². The number of nitrogens with one attached hydrogen (secondary N) is 2. The summed E-state index contributed by atoms with van der Waals surface area (Å²) in [6, 6.07) is 11.0. The summed E-state index contributed by atoms with van der Waals surface area (Å²) in [5, 5.41) is 5.68. The van der Waals surface area contributed by atoms with E-state index in [1.165, 1.54) is 0 Å². The minimum atomic E-state index is -0.282. The Morgan fingerprint density at radius 2 is 1.68 bits per heavy atom. The first-order chi connectivity index (χ1) is 12.1. The van der Waals surface area contributed by atoms with Gasteiger partial charge in [-0.25, -0.2) is 4.79 Å². The number of hydrogen-bond donors (Lipinski definition) is 2. The van der Waals surface area contributed by atoms with E-state index in [4.69, 9.17) is 14.2 Å². The number of amides is 2. The molecule has 2 rings (SSSR count). The first kappa shape index (κ1) is 18.8. The first-order valence-corrected chi connectivity index (χ1v) is 8.82. The monoisotopic (exact) mass is 362 g/mol. The Balaban J connectivity index is 2.06. The van der Waals surface area contributed by atoms with E-state index in [1.54, 1.807) is 45.2 Å². The van der Waals surface area contributed by atoms with E-state index in [0.29, 0.717) is 23.8 Å². The molecule has 0 bridgehead atoms. The maximum absolute atomic E-state index is 12.2. The maximum atomic E-state index is 12.2. The summed E-state index contributed by atoms with van der Waals surface area (Å²) >= 11 is 1.58. The maximum Gasteiger partial charge on any atom is 0.319 e. The number of carbonyl (C=O) groups excluding carboxylic acids is 1. The van der Waals surface area contributed by atoms with Gasteiger partial charge in [-0.3, -0.25) is 0 Å². The number of benzene rings is 2. The SMILES string of the molecule is COc1cc(CNC(=O)Nc2ccccc2SC)cc(OC)c1OC. The van der Waals surface area contributed by atoms with Crippen LogP contribution in [0, 0.1) is 0 Å². The summed E-state index contributed by atoms with van der Waals surface area (Å²) in [5.74, 6) is 1.62. The van der Waals surface area contributed by atoms with Crippen LogP contribution in [0.2, 0.25) is 0 Å². The third-order valence-electron chi connectivity index (χ3n) is 3.53. The number of hydrogen-bond acceptors (Lipinski definition) is 5. The Morgan fingerprint density at radius 3 is 2.24 bits per heavy atom. The van der Waals surface area contributed by atoms with Gasteiger partial charge >= 0.3 is 6.03 Å². The standard InChI is InChI=1S/C18H22N2O4S/c1-22-14-9-12(10-15(23-2)17(14)24-3)11-19-18(21)20-13-7-5-6-8-16(13)25-4/h5-10H,11H2,1-4H3,(H2,19,20,21). The molecule has 0 fully saturated rings. The van der Waals surface area contributed by atoms with Gasteiger partial charge in [-0.05, 0) is 36.1 Å². The molecular weight excluding hydrogens is 340 g/mol. The highest BCUT2D eigenvalue weighted by Crippen LogP contribution is 2.38. The minimum absolute atomic E-state index is 0.282. The van der Waals surface area contributed by atoms with Gasteiger partial charge in [0, 0.05) is 11.4 Å². The predicted molar refractivity (Wildman–Crippen MR) is 100 cm³/mol. The molecule has 0 heterocycles. The molecule has 0 unspecified atom stereocenters. The molecule has 2 amide bonds. The molecule has 0 aromatic heterocycles. The second-order valence-corrected chi connectivity index (χ2v) is 5.89. The van der Waals surface area contributed by atoms with Crippen LogP contribution in [0.1, 0.15) is 5.56 Å². The van der Waals surface area contributed by atoms with Gasteiger partial charge in [0.1, 0.15) is 0 Å². The largest absolute Gasteiger partial charge is 0.493 e. The molecule has 7 heteroatoms. The number of thioether (sulfide) groups is 1. The van der Waals surface area contributed by atoms with Gasteiger partial charge in [0.2, 0.25) is 5.75 Å². The molecule has 2 aromatic rings. The lowest BCUT2D eigenvalue weighted by Gasteiger charge is -2.15. The fourth-order valence-corrected chi connectivity index (χ4v) is 2.89. The van der Waals surface area contributed by atoms with Crippen LogP contribution in [0.4, 0.5) is 10.5 Å². The smallest absolute Gasteiger partial charge is 0.319 e. The molecule has 25 heavy (non-hydrogen) atoms. The van der Waals surface area contributed by atoms with Gasteiger partial charge in [-0.15, -0.1) is 11.8 Å². The third kappa shape index (κ3) is 4.73. The molecule has 0 atom stereocenters. The lowest BCUT2D eigenvalue weighted by atomic mass is 10.2. The fourth-order valence-electron chi connectivity index (χ4n) is 2.33. The number of rotatable bonds is 7. The predicted octanol–water partition coefficient (Wildman–Crippen LogP) is 3.76. The number of anilines is 1. The Hall–Kier alpha value is -2.54. The summed E-state index contributed by atoms with van der Waals surface area (Å²) in [4.78, 5) is 13.2. The van der Waals surface area contributed by atoms with Crippen molar-refractivity contribution in [2.24, 2.45) is 0 Å². The number of methoxy groups -OCH3 is 3. The average Bonchev–Trinajstić information content (AvgIpc) is 2.65. The highest BCUT2D eigenvalue weighted by molar-refractivity contribution is 7.98. The fraction of sp³-hybridized carbons (Fsp3) is 0.278. The van der Waals surface area contributed by atoms with Crippen molar-refractivity contribution in [3.05, 3.63) is 42.0 Å². The van der Waals surface area contributed by atoms with Crippen LogP contribution in [-0.4, -0.2) is 33.6 Å². The van der Waals surface area contributed by atoms with Crippen molar-refractivity contribution in [1.82, 2.24) is 5.32 Å². The van der Waals surface area contributed by atoms with Crippen molar-refractivity contribution in [2.75, 3.05) is 32.9 Å². The number of urea groups is 1. The van der Waals surface area contributed by atoms with Crippen molar-refractivity contribution in [2.45, 2.75) is 11.4 Å². The molecular formula is C18H22N2O4S. The Bertz CT molecular complexity index is 712. The van der Waals surface area contributed by atoms with Crippen LogP contribution in [-0.2, 0) is 6.54 Å². The van der Waals surface area contributed by atoms with Crippen LogP contribution in [0.15, 0.2) is 41.3 Å². The van der Waals surface area contributed by atoms with Crippen LogP contribution >= 0.6 is 11.8 Å². The van der Waals surface area contributed by atoms with E-state index in [9.17, 15) is 4.79 Å². The second kappa shape index (κ2) is 9.08. The summed E-state index contributed by atoms with van der Waals surface area (Å²) in [7, 11) is 4.66. The van der Waals surface area contributed by atoms with Gasteiger partial charge in [0.25, 0.3) is 0 Å². The molecule has 0 aliphatic heterocycles. The van der Waals surface area contributed by atoms with E-state index >= 15 is 0 Å². The van der Waals surface area contributed by atoms with E-state index in [-0.39, 0.29) is 6.03 Å². The van der Waals surface area contributed by atoms with E-state index in [2.05, 4.69) is 10.6 Å². The molecule has 0 radical (unpaired) electrons. The van der Waals surface area contributed by atoms with Gasteiger partial charge in [-0.2, -0.15) is 0 Å². The average molecular weight is 362 g/mol. The van der Waals surface area contributed by atoms with E-state index in [1.807, 2.05) is 30.5 Å². The normalized spacial score (nSPS) is 10.1. The van der Waals surface area contributed by atoms with Crippen molar-refractivity contribution in [3.8, 4) is 17.2 Å². The van der Waals surface area contributed by atoms with Crippen molar-refractivity contribution in [1.29, 1.82) is 0 Å². The molecule has 2 N–H and O–H groups in total. The molecule has 134 valence electrons. The molecule has 2 aromatic carbocycles. The summed E-state index contributed by atoms with van der Waals surface area (Å²) in [6.45, 7) is 0.323. The Labute approximate surface area is 151 Å². The third-order valence-corrected chi connectivity index (χ3v) is 4.33. The van der Waals surface area contributed by atoms with Crippen LogP contribution in [0.25, 0.3) is 0 Å². The number of para-hydroxylation sites is 1. The lowest BCUT2D eigenvalue weighted by Crippen LogP contribution is -2.28. The first-order valence-electron chi connectivity index (χ1n) is 7.59. The summed E-state index contributed by atoms with van der Waals surface area (Å²) in [6.07, 6.45) is 1.97. The van der Waals surface area contributed by atoms with Crippen molar-refractivity contribution >= 4 is 23.5 Å². The lowest BCUT2D eigenvalue weighted by molar-refractivity contribution is 0.251. The van der Waals surface area contributed by atoms with E-state index < -0.39 is 0 Å². The van der Waals surface area contributed by atoms with Crippen LogP contribution < -0.4 is 24.8 Å². The van der Waals surface area contributed by atoms with Crippen LogP contribution in [0.3, 0.4) is 0 Å². The zero-order valence-corrected chi connectivity index (χ0v) is 15.5. The quantitative estimate of drug-likeness (QED) is 0.734. The summed E-state index contributed by atoms with van der Waals surface area (Å²) in [5.41, 5.74) is 1.61. The van der Waals surface area contributed by atoms with Gasteiger partial charge in [-0.1, -0.05) is 12.1 Å². The molecule has 0 saturated heterocycles. The van der Waals surface area contributed by atoms with Gasteiger partial charge in [0.15, 0.2) is 11.5 Å². The molecule has 0 aliphatic rings. The second-order valence-electron chi connectivity index (χ2n) is 5.04. The van der Waals surface area contributed by atoms with Gasteiger partial charge in [0.05, 0.1) is 27.0 Å². The number of carbonyl (C=O) groups is 1. The highest BCUT2D eigenvalue weighted by Gasteiger charge is 2.13. The molecule has 0 aliphatic carbocycles. The number of ether oxygens (including phenoxy) is 3. The summed E-state index contributed by atoms with van der Waals surface area (Å²) < 4.78 is 15.9. The van der Waals surface area contributed by atoms with Crippen molar-refractivity contribution < 1.29 is 19.0 Å².